The van der Waals surface area contributed by atoms with E-state index in [9.17, 15) is 4.39 Å². The minimum atomic E-state index is -0.226. The predicted molar refractivity (Wildman–Crippen MR) is 76.5 cm³/mol. The summed E-state index contributed by atoms with van der Waals surface area (Å²) in [6.45, 7) is 7.17. The largest absolute Gasteiger partial charge is 0.497 e. The number of hydrogen-bond donors (Lipinski definition) is 1. The van der Waals surface area contributed by atoms with E-state index < -0.39 is 0 Å². The fourth-order valence-corrected chi connectivity index (χ4v) is 2.32. The first kappa shape index (κ1) is 15.2. The summed E-state index contributed by atoms with van der Waals surface area (Å²) < 4.78 is 24.1. The highest BCUT2D eigenvalue weighted by molar-refractivity contribution is 5.28. The molecule has 1 aromatic rings. The molecule has 0 radical (unpaired) electrons. The third-order valence-electron chi connectivity index (χ3n) is 3.54. The molecule has 1 aromatic carbocycles. The zero-order chi connectivity index (χ0) is 14.4. The third-order valence-corrected chi connectivity index (χ3v) is 3.54. The molecule has 112 valence electrons. The second-order valence-electron chi connectivity index (χ2n) is 5.15. The van der Waals surface area contributed by atoms with E-state index in [-0.39, 0.29) is 5.82 Å². The van der Waals surface area contributed by atoms with Crippen LogP contribution in [-0.4, -0.2) is 50.9 Å². The van der Waals surface area contributed by atoms with Crippen molar-refractivity contribution >= 4 is 0 Å². The predicted octanol–water partition coefficient (Wildman–Crippen LogP) is 1.64. The van der Waals surface area contributed by atoms with Crippen molar-refractivity contribution in [1.29, 1.82) is 0 Å². The number of ether oxygens (including phenoxy) is 2. The molecule has 1 heterocycles. The van der Waals surface area contributed by atoms with Gasteiger partial charge in [-0.3, -0.25) is 4.90 Å². The van der Waals surface area contributed by atoms with Crippen LogP contribution in [0.1, 0.15) is 12.5 Å². The Morgan fingerprint density at radius 2 is 2.15 bits per heavy atom. The molecule has 0 aliphatic carbocycles. The van der Waals surface area contributed by atoms with Crippen molar-refractivity contribution in [1.82, 2.24) is 10.2 Å². The van der Waals surface area contributed by atoms with E-state index in [4.69, 9.17) is 9.47 Å². The highest BCUT2D eigenvalue weighted by atomic mass is 19.1. The summed E-state index contributed by atoms with van der Waals surface area (Å²) in [4.78, 5) is 2.37. The molecule has 1 aliphatic heterocycles. The first-order chi connectivity index (χ1) is 9.69. The third kappa shape index (κ3) is 4.44. The smallest absolute Gasteiger partial charge is 0.131 e. The molecule has 1 atom stereocenters. The maximum absolute atomic E-state index is 13.8. The first-order valence-corrected chi connectivity index (χ1v) is 7.05. The first-order valence-electron chi connectivity index (χ1n) is 7.05. The molecule has 2 rings (SSSR count). The maximum atomic E-state index is 13.8. The lowest BCUT2D eigenvalue weighted by Gasteiger charge is -2.29. The van der Waals surface area contributed by atoms with Crippen LogP contribution < -0.4 is 10.1 Å². The molecule has 0 spiro atoms. The summed E-state index contributed by atoms with van der Waals surface area (Å²) in [5.41, 5.74) is 0.666. The van der Waals surface area contributed by atoms with Crippen LogP contribution in [0.2, 0.25) is 0 Å². The second kappa shape index (κ2) is 7.57. The van der Waals surface area contributed by atoms with E-state index in [2.05, 4.69) is 17.1 Å². The molecule has 20 heavy (non-hydrogen) atoms. The van der Waals surface area contributed by atoms with Gasteiger partial charge in [-0.1, -0.05) is 6.07 Å². The standard InChI is InChI=1S/C15H23FN2O2/c1-12(11-18-5-7-20-8-6-18)17-10-13-3-4-14(19-2)9-15(13)16/h3-4,9,12,17H,5-8,10-11H2,1-2H3. The fraction of sp³-hybridized carbons (Fsp3) is 0.600. The Kier molecular flexibility index (Phi) is 5.76. The van der Waals surface area contributed by atoms with Crippen LogP contribution in [-0.2, 0) is 11.3 Å². The lowest BCUT2D eigenvalue weighted by molar-refractivity contribution is 0.0343. The van der Waals surface area contributed by atoms with Gasteiger partial charge in [0, 0.05) is 43.9 Å². The molecule has 1 N–H and O–H groups in total. The average molecular weight is 282 g/mol. The van der Waals surface area contributed by atoms with Gasteiger partial charge in [-0.2, -0.15) is 0 Å². The molecule has 0 amide bonds. The Bertz CT molecular complexity index is 422. The van der Waals surface area contributed by atoms with E-state index in [1.54, 1.807) is 12.1 Å². The number of benzene rings is 1. The highest BCUT2D eigenvalue weighted by Gasteiger charge is 2.13. The Hall–Kier alpha value is -1.17. The van der Waals surface area contributed by atoms with Crippen molar-refractivity contribution in [3.63, 3.8) is 0 Å². The number of nitrogens with one attached hydrogen (secondary N) is 1. The summed E-state index contributed by atoms with van der Waals surface area (Å²) in [6, 6.07) is 5.29. The van der Waals surface area contributed by atoms with E-state index in [1.807, 2.05) is 0 Å². The summed E-state index contributed by atoms with van der Waals surface area (Å²) in [5, 5.41) is 3.36. The van der Waals surface area contributed by atoms with E-state index >= 15 is 0 Å². The number of halogens is 1. The Morgan fingerprint density at radius 1 is 1.40 bits per heavy atom. The molecular weight excluding hydrogens is 259 g/mol. The van der Waals surface area contributed by atoms with Gasteiger partial charge in [0.05, 0.1) is 20.3 Å². The van der Waals surface area contributed by atoms with Gasteiger partial charge >= 0.3 is 0 Å². The van der Waals surface area contributed by atoms with Crippen LogP contribution in [0.3, 0.4) is 0 Å². The lowest BCUT2D eigenvalue weighted by atomic mass is 10.2. The fourth-order valence-electron chi connectivity index (χ4n) is 2.32. The van der Waals surface area contributed by atoms with Gasteiger partial charge in [-0.25, -0.2) is 4.39 Å². The van der Waals surface area contributed by atoms with Crippen molar-refractivity contribution in [3.8, 4) is 5.75 Å². The number of rotatable bonds is 6. The van der Waals surface area contributed by atoms with Crippen molar-refractivity contribution in [2.75, 3.05) is 40.0 Å². The normalized spacial score (nSPS) is 17.9. The minimum Gasteiger partial charge on any atom is -0.497 e. The topological polar surface area (TPSA) is 33.7 Å². The average Bonchev–Trinajstić information content (AvgIpc) is 2.47. The van der Waals surface area contributed by atoms with Crippen molar-refractivity contribution in [2.24, 2.45) is 0 Å². The molecule has 1 fully saturated rings. The van der Waals surface area contributed by atoms with Gasteiger partial charge in [0.2, 0.25) is 0 Å². The number of hydrogen-bond acceptors (Lipinski definition) is 4. The van der Waals surface area contributed by atoms with Crippen molar-refractivity contribution in [3.05, 3.63) is 29.6 Å². The Morgan fingerprint density at radius 3 is 2.80 bits per heavy atom. The summed E-state index contributed by atoms with van der Waals surface area (Å²) in [6.07, 6.45) is 0. The highest BCUT2D eigenvalue weighted by Crippen LogP contribution is 2.16. The molecule has 0 aromatic heterocycles. The minimum absolute atomic E-state index is 0.226. The van der Waals surface area contributed by atoms with Gasteiger partial charge in [-0.05, 0) is 13.0 Å². The van der Waals surface area contributed by atoms with Gasteiger partial charge in [0.15, 0.2) is 0 Å². The molecular formula is C15H23FN2O2. The van der Waals surface area contributed by atoms with E-state index in [0.717, 1.165) is 32.8 Å². The number of nitrogens with zero attached hydrogens (tertiary/aromatic N) is 1. The second-order valence-corrected chi connectivity index (χ2v) is 5.15. The SMILES string of the molecule is COc1ccc(CNC(C)CN2CCOCC2)c(F)c1. The van der Waals surface area contributed by atoms with Crippen LogP contribution in [0, 0.1) is 5.82 Å². The number of morpholine rings is 1. The number of methoxy groups -OCH3 is 1. The van der Waals surface area contributed by atoms with Gasteiger partial charge in [0.25, 0.3) is 0 Å². The molecule has 0 saturated carbocycles. The zero-order valence-electron chi connectivity index (χ0n) is 12.2. The van der Waals surface area contributed by atoms with Crippen LogP contribution in [0.15, 0.2) is 18.2 Å². The quantitative estimate of drug-likeness (QED) is 0.860. The van der Waals surface area contributed by atoms with E-state index in [0.29, 0.717) is 23.9 Å². The molecule has 5 heteroatoms. The van der Waals surface area contributed by atoms with Crippen LogP contribution in [0.5, 0.6) is 5.75 Å². The van der Waals surface area contributed by atoms with Crippen LogP contribution in [0.25, 0.3) is 0 Å². The van der Waals surface area contributed by atoms with Gasteiger partial charge in [-0.15, -0.1) is 0 Å². The summed E-state index contributed by atoms with van der Waals surface area (Å²) >= 11 is 0. The zero-order valence-corrected chi connectivity index (χ0v) is 12.2. The molecule has 1 unspecified atom stereocenters. The monoisotopic (exact) mass is 282 g/mol. The van der Waals surface area contributed by atoms with Gasteiger partial charge < -0.3 is 14.8 Å². The molecule has 4 nitrogen and oxygen atoms in total. The molecule has 1 saturated heterocycles. The van der Waals surface area contributed by atoms with Crippen LogP contribution in [0.4, 0.5) is 4.39 Å². The Balaban J connectivity index is 1.79. The lowest BCUT2D eigenvalue weighted by Crippen LogP contribution is -2.44. The van der Waals surface area contributed by atoms with E-state index in [1.165, 1.54) is 13.2 Å². The summed E-state index contributed by atoms with van der Waals surface area (Å²) in [5.74, 6) is 0.322. The van der Waals surface area contributed by atoms with Crippen molar-refractivity contribution in [2.45, 2.75) is 19.5 Å². The van der Waals surface area contributed by atoms with Crippen LogP contribution >= 0.6 is 0 Å². The summed E-state index contributed by atoms with van der Waals surface area (Å²) in [7, 11) is 1.54. The van der Waals surface area contributed by atoms with Gasteiger partial charge in [0.1, 0.15) is 11.6 Å². The van der Waals surface area contributed by atoms with Crippen molar-refractivity contribution < 1.29 is 13.9 Å². The maximum Gasteiger partial charge on any atom is 0.131 e. The Labute approximate surface area is 119 Å². The molecule has 0 bridgehead atoms. The molecule has 1 aliphatic rings.